The number of pyridine rings is 1. The largest absolute Gasteiger partial charge is 0.474 e. The number of nitrogens with zero attached hydrogens (tertiary/aromatic N) is 2. The Labute approximate surface area is 157 Å². The highest BCUT2D eigenvalue weighted by atomic mass is 16.6. The minimum Gasteiger partial charge on any atom is -0.474 e. The number of hydrogen-bond donors (Lipinski definition) is 0. The van der Waals surface area contributed by atoms with E-state index in [9.17, 15) is 9.59 Å². The summed E-state index contributed by atoms with van der Waals surface area (Å²) in [5.41, 5.74) is 1.78. The molecule has 0 N–H and O–H groups in total. The fourth-order valence-corrected chi connectivity index (χ4v) is 2.70. The van der Waals surface area contributed by atoms with Gasteiger partial charge in [-0.1, -0.05) is 0 Å². The van der Waals surface area contributed by atoms with Crippen LogP contribution in [0.4, 0.5) is 11.4 Å². The SMILES string of the molecule is COC(=O)c1ccc2c(n1)OCCN2c1ccc(C(=O)OC(C)(C)C)cc1. The number of esters is 2. The average molecular weight is 370 g/mol. The Morgan fingerprint density at radius 2 is 1.78 bits per heavy atom. The number of benzene rings is 1. The zero-order chi connectivity index (χ0) is 19.6. The number of rotatable bonds is 3. The Bertz CT molecular complexity index is 856. The third kappa shape index (κ3) is 4.19. The molecule has 1 aromatic carbocycles. The third-order valence-electron chi connectivity index (χ3n) is 3.89. The van der Waals surface area contributed by atoms with E-state index in [0.717, 1.165) is 11.4 Å². The van der Waals surface area contributed by atoms with Gasteiger partial charge in [0.1, 0.15) is 17.9 Å². The van der Waals surface area contributed by atoms with Gasteiger partial charge in [0.05, 0.1) is 19.2 Å². The molecule has 1 aliphatic rings. The maximum atomic E-state index is 12.2. The first kappa shape index (κ1) is 18.7. The molecule has 0 bridgehead atoms. The summed E-state index contributed by atoms with van der Waals surface area (Å²) in [6.07, 6.45) is 0. The number of methoxy groups -OCH3 is 1. The predicted octanol–water partition coefficient (Wildman–Crippen LogP) is 3.35. The highest BCUT2D eigenvalue weighted by Gasteiger charge is 2.23. The smallest absolute Gasteiger partial charge is 0.356 e. The second kappa shape index (κ2) is 7.26. The lowest BCUT2D eigenvalue weighted by atomic mass is 10.1. The van der Waals surface area contributed by atoms with Gasteiger partial charge in [-0.05, 0) is 57.2 Å². The molecule has 0 fully saturated rings. The standard InChI is InChI=1S/C20H22N2O5/c1-20(2,3)27-18(23)13-5-7-14(8-6-13)22-11-12-26-17-16(22)10-9-15(21-17)19(24)25-4/h5-10H,11-12H2,1-4H3. The van der Waals surface area contributed by atoms with Gasteiger partial charge in [-0.25, -0.2) is 14.6 Å². The van der Waals surface area contributed by atoms with Crippen molar-refractivity contribution in [2.24, 2.45) is 0 Å². The van der Waals surface area contributed by atoms with E-state index in [1.807, 2.05) is 37.8 Å². The lowest BCUT2D eigenvalue weighted by Gasteiger charge is -2.30. The van der Waals surface area contributed by atoms with Crippen LogP contribution in [0.2, 0.25) is 0 Å². The molecule has 0 aliphatic carbocycles. The second-order valence-electron chi connectivity index (χ2n) is 7.06. The van der Waals surface area contributed by atoms with Crippen molar-refractivity contribution in [3.63, 3.8) is 0 Å². The number of anilines is 2. The quantitative estimate of drug-likeness (QED) is 0.767. The normalized spacial score (nSPS) is 13.4. The molecule has 2 aromatic rings. The number of carbonyl (C=O) groups is 2. The molecular formula is C20H22N2O5. The van der Waals surface area contributed by atoms with Crippen molar-refractivity contribution >= 4 is 23.3 Å². The summed E-state index contributed by atoms with van der Waals surface area (Å²) < 4.78 is 15.7. The Balaban J connectivity index is 1.84. The molecule has 3 rings (SSSR count). The zero-order valence-corrected chi connectivity index (χ0v) is 15.8. The van der Waals surface area contributed by atoms with Crippen LogP contribution in [0.5, 0.6) is 5.88 Å². The van der Waals surface area contributed by atoms with E-state index in [0.29, 0.717) is 24.6 Å². The van der Waals surface area contributed by atoms with Gasteiger partial charge in [-0.2, -0.15) is 0 Å². The summed E-state index contributed by atoms with van der Waals surface area (Å²) in [5.74, 6) is -0.499. The van der Waals surface area contributed by atoms with Crippen LogP contribution in [0.1, 0.15) is 41.6 Å². The van der Waals surface area contributed by atoms with Crippen LogP contribution in [0.3, 0.4) is 0 Å². The molecule has 0 spiro atoms. The van der Waals surface area contributed by atoms with E-state index in [1.165, 1.54) is 7.11 Å². The monoisotopic (exact) mass is 370 g/mol. The van der Waals surface area contributed by atoms with E-state index in [-0.39, 0.29) is 11.7 Å². The number of hydrogen-bond acceptors (Lipinski definition) is 7. The first-order valence-corrected chi connectivity index (χ1v) is 8.61. The summed E-state index contributed by atoms with van der Waals surface area (Å²) in [5, 5.41) is 0. The molecule has 0 saturated carbocycles. The summed E-state index contributed by atoms with van der Waals surface area (Å²) >= 11 is 0. The summed E-state index contributed by atoms with van der Waals surface area (Å²) in [7, 11) is 1.31. The molecule has 0 radical (unpaired) electrons. The molecule has 2 heterocycles. The molecule has 7 heteroatoms. The molecule has 27 heavy (non-hydrogen) atoms. The Kier molecular flexibility index (Phi) is 5.03. The average Bonchev–Trinajstić information content (AvgIpc) is 2.65. The van der Waals surface area contributed by atoms with E-state index in [2.05, 4.69) is 4.98 Å². The Morgan fingerprint density at radius 3 is 2.41 bits per heavy atom. The number of fused-ring (bicyclic) bond motifs is 1. The lowest BCUT2D eigenvalue weighted by Crippen LogP contribution is -2.29. The molecule has 7 nitrogen and oxygen atoms in total. The molecular weight excluding hydrogens is 348 g/mol. The molecule has 0 unspecified atom stereocenters. The van der Waals surface area contributed by atoms with Crippen molar-refractivity contribution in [1.82, 2.24) is 4.98 Å². The van der Waals surface area contributed by atoms with E-state index < -0.39 is 11.6 Å². The molecule has 1 aliphatic heterocycles. The maximum absolute atomic E-state index is 12.2. The molecule has 0 saturated heterocycles. The van der Waals surface area contributed by atoms with Gasteiger partial charge in [0.15, 0.2) is 5.69 Å². The van der Waals surface area contributed by atoms with Crippen molar-refractivity contribution in [3.05, 3.63) is 47.7 Å². The Hall–Kier alpha value is -3.09. The van der Waals surface area contributed by atoms with Crippen molar-refractivity contribution < 1.29 is 23.8 Å². The van der Waals surface area contributed by atoms with Crippen LogP contribution in [-0.2, 0) is 9.47 Å². The Morgan fingerprint density at radius 1 is 1.07 bits per heavy atom. The van der Waals surface area contributed by atoms with Crippen LogP contribution in [0, 0.1) is 0 Å². The number of aromatic nitrogens is 1. The van der Waals surface area contributed by atoms with Crippen molar-refractivity contribution in [1.29, 1.82) is 0 Å². The minimum atomic E-state index is -0.540. The first-order chi connectivity index (χ1) is 12.8. The topological polar surface area (TPSA) is 78.0 Å². The summed E-state index contributed by atoms with van der Waals surface area (Å²) in [4.78, 5) is 30.1. The predicted molar refractivity (Wildman–Crippen MR) is 99.7 cm³/mol. The second-order valence-corrected chi connectivity index (χ2v) is 7.06. The lowest BCUT2D eigenvalue weighted by molar-refractivity contribution is 0.00693. The summed E-state index contributed by atoms with van der Waals surface area (Å²) in [6, 6.07) is 10.5. The van der Waals surface area contributed by atoms with Gasteiger partial charge in [-0.3, -0.25) is 0 Å². The highest BCUT2D eigenvalue weighted by Crippen LogP contribution is 2.35. The van der Waals surface area contributed by atoms with Crippen LogP contribution in [-0.4, -0.2) is 42.8 Å². The van der Waals surface area contributed by atoms with Gasteiger partial charge in [0.2, 0.25) is 5.88 Å². The van der Waals surface area contributed by atoms with E-state index >= 15 is 0 Å². The highest BCUT2D eigenvalue weighted by molar-refractivity contribution is 5.90. The van der Waals surface area contributed by atoms with Crippen LogP contribution < -0.4 is 9.64 Å². The van der Waals surface area contributed by atoms with Crippen LogP contribution in [0.15, 0.2) is 36.4 Å². The zero-order valence-electron chi connectivity index (χ0n) is 15.8. The molecule has 1 aromatic heterocycles. The third-order valence-corrected chi connectivity index (χ3v) is 3.89. The van der Waals surface area contributed by atoms with Gasteiger partial charge in [0.25, 0.3) is 0 Å². The van der Waals surface area contributed by atoms with Crippen LogP contribution >= 0.6 is 0 Å². The van der Waals surface area contributed by atoms with Crippen LogP contribution in [0.25, 0.3) is 0 Å². The number of carbonyl (C=O) groups excluding carboxylic acids is 2. The molecule has 0 amide bonds. The van der Waals surface area contributed by atoms with Gasteiger partial charge >= 0.3 is 11.9 Å². The fraction of sp³-hybridized carbons (Fsp3) is 0.350. The van der Waals surface area contributed by atoms with Gasteiger partial charge < -0.3 is 19.1 Å². The van der Waals surface area contributed by atoms with Crippen molar-refractivity contribution in [3.8, 4) is 5.88 Å². The fourth-order valence-electron chi connectivity index (χ4n) is 2.70. The van der Waals surface area contributed by atoms with Gasteiger partial charge in [-0.15, -0.1) is 0 Å². The van der Waals surface area contributed by atoms with Crippen molar-refractivity contribution in [2.45, 2.75) is 26.4 Å². The van der Waals surface area contributed by atoms with E-state index in [1.54, 1.807) is 24.3 Å². The van der Waals surface area contributed by atoms with E-state index in [4.69, 9.17) is 14.2 Å². The first-order valence-electron chi connectivity index (χ1n) is 8.61. The van der Waals surface area contributed by atoms with Crippen molar-refractivity contribution in [2.75, 3.05) is 25.2 Å². The molecule has 0 atom stereocenters. The molecule has 142 valence electrons. The van der Waals surface area contributed by atoms with Gasteiger partial charge in [0, 0.05) is 5.69 Å². The number of ether oxygens (including phenoxy) is 3. The maximum Gasteiger partial charge on any atom is 0.356 e. The minimum absolute atomic E-state index is 0.193. The summed E-state index contributed by atoms with van der Waals surface area (Å²) in [6.45, 7) is 6.55.